The van der Waals surface area contributed by atoms with Gasteiger partial charge in [-0.2, -0.15) is 4.40 Å². The van der Waals surface area contributed by atoms with Gasteiger partial charge in [-0.25, -0.2) is 4.21 Å². The number of fused-ring (bicyclic) bond motifs is 1. The number of rotatable bonds is 7. The highest BCUT2D eigenvalue weighted by molar-refractivity contribution is 9.10. The van der Waals surface area contributed by atoms with Crippen LogP contribution in [0.4, 0.5) is 0 Å². The second-order valence-electron chi connectivity index (χ2n) is 8.19. The van der Waals surface area contributed by atoms with Gasteiger partial charge in [0, 0.05) is 16.0 Å². The number of nitrogens with zero attached hydrogens (tertiary/aromatic N) is 1. The average molecular weight is 426 g/mol. The number of hydrogen-bond acceptors (Lipinski definition) is 1. The number of halogens is 1. The third-order valence-corrected chi connectivity index (χ3v) is 6.97. The van der Waals surface area contributed by atoms with E-state index in [4.69, 9.17) is 4.40 Å². The van der Waals surface area contributed by atoms with Crippen LogP contribution in [0.1, 0.15) is 77.8 Å². The SMILES string of the molecule is CCCCC(CC)CC1Cc2ccc(Br)cc2/C1=N/S(=O)C(C)(C)C. The largest absolute Gasteiger partial charge is 0.234 e. The molecule has 0 aliphatic heterocycles. The van der Waals surface area contributed by atoms with Crippen molar-refractivity contribution < 1.29 is 4.21 Å². The summed E-state index contributed by atoms with van der Waals surface area (Å²) in [6, 6.07) is 6.46. The van der Waals surface area contributed by atoms with Crippen molar-refractivity contribution in [2.45, 2.75) is 77.9 Å². The van der Waals surface area contributed by atoms with Crippen LogP contribution in [-0.4, -0.2) is 14.7 Å². The molecule has 3 atom stereocenters. The second kappa shape index (κ2) is 8.94. The molecule has 3 unspecified atom stereocenters. The van der Waals surface area contributed by atoms with Crippen LogP contribution in [0.2, 0.25) is 0 Å². The first kappa shape index (κ1) is 20.8. The van der Waals surface area contributed by atoms with Crippen LogP contribution < -0.4 is 0 Å². The van der Waals surface area contributed by atoms with E-state index in [1.54, 1.807) is 0 Å². The molecular weight excluding hydrogens is 394 g/mol. The number of benzene rings is 1. The minimum absolute atomic E-state index is 0.321. The Morgan fingerprint density at radius 1 is 1.32 bits per heavy atom. The Labute approximate surface area is 164 Å². The third kappa shape index (κ3) is 5.50. The molecule has 0 saturated heterocycles. The monoisotopic (exact) mass is 425 g/mol. The summed E-state index contributed by atoms with van der Waals surface area (Å²) in [7, 11) is -1.21. The van der Waals surface area contributed by atoms with Crippen LogP contribution in [0.5, 0.6) is 0 Å². The van der Waals surface area contributed by atoms with Crippen molar-refractivity contribution in [3.05, 3.63) is 33.8 Å². The summed E-state index contributed by atoms with van der Waals surface area (Å²) in [6.45, 7) is 10.5. The van der Waals surface area contributed by atoms with Gasteiger partial charge in [0.1, 0.15) is 11.0 Å². The molecule has 2 rings (SSSR count). The van der Waals surface area contributed by atoms with E-state index in [0.29, 0.717) is 5.92 Å². The van der Waals surface area contributed by atoms with Gasteiger partial charge in [0.2, 0.25) is 0 Å². The molecule has 2 nitrogen and oxygen atoms in total. The molecule has 0 spiro atoms. The lowest BCUT2D eigenvalue weighted by Gasteiger charge is -2.21. The maximum atomic E-state index is 12.7. The lowest BCUT2D eigenvalue weighted by atomic mass is 9.86. The van der Waals surface area contributed by atoms with E-state index in [0.717, 1.165) is 28.9 Å². The fraction of sp³-hybridized carbons (Fsp3) is 0.667. The molecule has 0 radical (unpaired) electrons. The Morgan fingerprint density at radius 3 is 2.64 bits per heavy atom. The molecule has 0 aromatic heterocycles. The summed E-state index contributed by atoms with van der Waals surface area (Å²) in [5.41, 5.74) is 3.62. The van der Waals surface area contributed by atoms with Crippen molar-refractivity contribution in [2.24, 2.45) is 16.2 Å². The van der Waals surface area contributed by atoms with Crippen molar-refractivity contribution in [2.75, 3.05) is 0 Å². The topological polar surface area (TPSA) is 29.4 Å². The van der Waals surface area contributed by atoms with Gasteiger partial charge in [0.15, 0.2) is 0 Å². The summed E-state index contributed by atoms with van der Waals surface area (Å²) in [5.74, 6) is 1.13. The Balaban J connectivity index is 2.32. The highest BCUT2D eigenvalue weighted by Crippen LogP contribution is 2.36. The van der Waals surface area contributed by atoms with Gasteiger partial charge in [-0.1, -0.05) is 61.5 Å². The summed E-state index contributed by atoms with van der Waals surface area (Å²) in [6.07, 6.45) is 7.24. The number of unbranched alkanes of at least 4 members (excludes halogenated alkanes) is 1. The Kier molecular flexibility index (Phi) is 7.45. The van der Waals surface area contributed by atoms with Gasteiger partial charge in [0.05, 0.1) is 10.5 Å². The maximum Gasteiger partial charge on any atom is 0.145 e. The van der Waals surface area contributed by atoms with Crippen molar-refractivity contribution in [1.29, 1.82) is 0 Å². The highest BCUT2D eigenvalue weighted by atomic mass is 79.9. The molecule has 0 bridgehead atoms. The van der Waals surface area contributed by atoms with Crippen LogP contribution in [0.25, 0.3) is 0 Å². The molecule has 1 aromatic rings. The van der Waals surface area contributed by atoms with E-state index in [1.165, 1.54) is 36.8 Å². The Bertz CT molecular complexity index is 648. The van der Waals surface area contributed by atoms with Crippen molar-refractivity contribution in [3.63, 3.8) is 0 Å². The number of hydrogen-bond donors (Lipinski definition) is 0. The predicted molar refractivity (Wildman–Crippen MR) is 114 cm³/mol. The Hall–Kier alpha value is -0.480. The van der Waals surface area contributed by atoms with Crippen LogP contribution in [0.15, 0.2) is 27.1 Å². The van der Waals surface area contributed by atoms with Crippen LogP contribution >= 0.6 is 15.9 Å². The third-order valence-electron chi connectivity index (χ3n) is 5.07. The standard InChI is InChI=1S/C21H32BrNOS/c1-6-8-9-15(7-2)12-17-13-16-10-11-18(22)14-19(16)20(17)23-25(24)21(3,4)5/h10-11,14-15,17H,6-9,12-13H2,1-5H3/b23-20+. The lowest BCUT2D eigenvalue weighted by molar-refractivity contribution is 0.384. The predicted octanol–water partition coefficient (Wildman–Crippen LogP) is 6.48. The Morgan fingerprint density at radius 2 is 2.04 bits per heavy atom. The van der Waals surface area contributed by atoms with Gasteiger partial charge >= 0.3 is 0 Å². The molecule has 140 valence electrons. The van der Waals surface area contributed by atoms with Crippen molar-refractivity contribution in [3.8, 4) is 0 Å². The molecule has 1 aliphatic carbocycles. The van der Waals surface area contributed by atoms with E-state index in [-0.39, 0.29) is 4.75 Å². The van der Waals surface area contributed by atoms with E-state index >= 15 is 0 Å². The summed E-state index contributed by atoms with van der Waals surface area (Å²) in [5, 5.41) is 0. The molecule has 0 amide bonds. The van der Waals surface area contributed by atoms with Crippen LogP contribution in [0, 0.1) is 11.8 Å². The average Bonchev–Trinajstić information content (AvgIpc) is 2.87. The van der Waals surface area contributed by atoms with E-state index < -0.39 is 11.0 Å². The molecule has 4 heteroatoms. The minimum atomic E-state index is -1.21. The quantitative estimate of drug-likeness (QED) is 0.491. The lowest BCUT2D eigenvalue weighted by Crippen LogP contribution is -2.23. The first-order chi connectivity index (χ1) is 11.8. The van der Waals surface area contributed by atoms with Crippen LogP contribution in [-0.2, 0) is 17.4 Å². The zero-order valence-corrected chi connectivity index (χ0v) is 18.7. The van der Waals surface area contributed by atoms with Gasteiger partial charge < -0.3 is 0 Å². The fourth-order valence-corrected chi connectivity index (χ4v) is 4.54. The van der Waals surface area contributed by atoms with Gasteiger partial charge in [-0.15, -0.1) is 0 Å². The fourth-order valence-electron chi connectivity index (χ4n) is 3.48. The van der Waals surface area contributed by atoms with E-state index in [2.05, 4.69) is 48.0 Å². The van der Waals surface area contributed by atoms with Crippen molar-refractivity contribution >= 4 is 32.6 Å². The summed E-state index contributed by atoms with van der Waals surface area (Å²) in [4.78, 5) is 0. The molecular formula is C21H32BrNOS. The van der Waals surface area contributed by atoms with Gasteiger partial charge in [0.25, 0.3) is 0 Å². The molecule has 0 heterocycles. The molecule has 1 aliphatic rings. The molecule has 0 N–H and O–H groups in total. The van der Waals surface area contributed by atoms with Gasteiger partial charge in [-0.05, 0) is 57.2 Å². The first-order valence-corrected chi connectivity index (χ1v) is 11.5. The molecule has 25 heavy (non-hydrogen) atoms. The maximum absolute atomic E-state index is 12.7. The smallest absolute Gasteiger partial charge is 0.145 e. The first-order valence-electron chi connectivity index (χ1n) is 9.55. The zero-order chi connectivity index (χ0) is 18.6. The highest BCUT2D eigenvalue weighted by Gasteiger charge is 2.32. The normalized spacial score (nSPS) is 21.4. The van der Waals surface area contributed by atoms with Crippen LogP contribution in [0.3, 0.4) is 0 Å². The molecule has 0 fully saturated rings. The summed E-state index contributed by atoms with van der Waals surface area (Å²) < 4.78 is 18.2. The van der Waals surface area contributed by atoms with Gasteiger partial charge in [-0.3, -0.25) is 0 Å². The minimum Gasteiger partial charge on any atom is -0.234 e. The van der Waals surface area contributed by atoms with E-state index in [1.807, 2.05) is 20.8 Å². The van der Waals surface area contributed by atoms with Crippen molar-refractivity contribution in [1.82, 2.24) is 0 Å². The summed E-state index contributed by atoms with van der Waals surface area (Å²) >= 11 is 3.59. The molecule has 1 aromatic carbocycles. The zero-order valence-electron chi connectivity index (χ0n) is 16.3. The second-order valence-corrected chi connectivity index (χ2v) is 11.0. The molecule has 0 saturated carbocycles. The van der Waals surface area contributed by atoms with E-state index in [9.17, 15) is 4.21 Å².